The molecule has 0 saturated carbocycles. The second-order valence-electron chi connectivity index (χ2n) is 3.93. The zero-order valence-corrected chi connectivity index (χ0v) is 11.2. The highest BCUT2D eigenvalue weighted by atomic mass is 32.2. The van der Waals surface area contributed by atoms with E-state index >= 15 is 0 Å². The zero-order chi connectivity index (χ0) is 14.5. The minimum absolute atomic E-state index is 0.0530. The van der Waals surface area contributed by atoms with Crippen molar-refractivity contribution < 1.29 is 13.4 Å². The van der Waals surface area contributed by atoms with Crippen LogP contribution in [0, 0.1) is 5.82 Å². The number of nitrogen functional groups attached to an aromatic ring is 1. The highest BCUT2D eigenvalue weighted by Gasteiger charge is 2.14. The first-order chi connectivity index (χ1) is 9.58. The number of aromatic nitrogens is 1. The summed E-state index contributed by atoms with van der Waals surface area (Å²) >= 11 is 0. The molecule has 2 rings (SSSR count). The van der Waals surface area contributed by atoms with Gasteiger partial charge in [0.05, 0.1) is 33.3 Å². The van der Waals surface area contributed by atoms with Crippen molar-refractivity contribution in [3.8, 4) is 0 Å². The molecule has 0 bridgehead atoms. The second-order valence-corrected chi connectivity index (χ2v) is 5.35. The molecule has 3 N–H and O–H groups in total. The highest BCUT2D eigenvalue weighted by Crippen LogP contribution is 2.15. The van der Waals surface area contributed by atoms with E-state index in [4.69, 9.17) is 5.73 Å². The predicted octanol–water partition coefficient (Wildman–Crippen LogP) is 1.55. The molecule has 5 nitrogen and oxygen atoms in total. The van der Waals surface area contributed by atoms with Gasteiger partial charge in [0.2, 0.25) is 5.91 Å². The Morgan fingerprint density at radius 1 is 1.35 bits per heavy atom. The number of amides is 1. The van der Waals surface area contributed by atoms with Crippen molar-refractivity contribution in [1.29, 1.82) is 0 Å². The number of carbonyl (C=O) groups is 1. The first kappa shape index (κ1) is 14.1. The van der Waals surface area contributed by atoms with Gasteiger partial charge in [-0.25, -0.2) is 4.39 Å². The molecule has 0 fully saturated rings. The Labute approximate surface area is 117 Å². The van der Waals surface area contributed by atoms with E-state index in [1.54, 1.807) is 6.07 Å². The SMILES string of the molecule is Nc1cnccc1S(=O)CC(=O)Nc1ccccc1F. The third-order valence-corrected chi connectivity index (χ3v) is 3.85. The summed E-state index contributed by atoms with van der Waals surface area (Å²) in [6, 6.07) is 7.25. The van der Waals surface area contributed by atoms with E-state index in [0.717, 1.165) is 0 Å². The molecular formula is C13H12FN3O2S. The van der Waals surface area contributed by atoms with Crippen LogP contribution in [0.3, 0.4) is 0 Å². The number of nitrogens with one attached hydrogen (secondary N) is 1. The molecule has 1 heterocycles. The summed E-state index contributed by atoms with van der Waals surface area (Å²) in [5.74, 6) is -1.40. The van der Waals surface area contributed by atoms with Gasteiger partial charge in [-0.1, -0.05) is 12.1 Å². The number of para-hydroxylation sites is 1. The minimum atomic E-state index is -1.60. The van der Waals surface area contributed by atoms with E-state index in [1.165, 1.54) is 36.7 Å². The first-order valence-electron chi connectivity index (χ1n) is 5.70. The number of pyridine rings is 1. The second kappa shape index (κ2) is 6.25. The van der Waals surface area contributed by atoms with Gasteiger partial charge < -0.3 is 11.1 Å². The Hall–Kier alpha value is -2.28. The topological polar surface area (TPSA) is 85.1 Å². The summed E-state index contributed by atoms with van der Waals surface area (Å²) in [4.78, 5) is 15.8. The summed E-state index contributed by atoms with van der Waals surface area (Å²) in [5.41, 5.74) is 5.93. The van der Waals surface area contributed by atoms with Gasteiger partial charge in [0.25, 0.3) is 0 Å². The molecule has 0 radical (unpaired) electrons. The molecule has 1 unspecified atom stereocenters. The van der Waals surface area contributed by atoms with Gasteiger partial charge in [-0.3, -0.25) is 14.0 Å². The summed E-state index contributed by atoms with van der Waals surface area (Å²) in [5, 5.41) is 2.37. The quantitative estimate of drug-likeness (QED) is 0.895. The van der Waals surface area contributed by atoms with E-state index < -0.39 is 22.5 Å². The highest BCUT2D eigenvalue weighted by molar-refractivity contribution is 7.86. The molecule has 1 aromatic heterocycles. The van der Waals surface area contributed by atoms with Crippen LogP contribution in [-0.4, -0.2) is 20.9 Å². The summed E-state index contributed by atoms with van der Waals surface area (Å²) in [6.45, 7) is 0. The van der Waals surface area contributed by atoms with Crippen molar-refractivity contribution in [1.82, 2.24) is 4.98 Å². The number of halogens is 1. The zero-order valence-electron chi connectivity index (χ0n) is 10.4. The van der Waals surface area contributed by atoms with Gasteiger partial charge in [-0.2, -0.15) is 0 Å². The monoisotopic (exact) mass is 293 g/mol. The molecule has 1 atom stereocenters. The van der Waals surface area contributed by atoms with Crippen molar-refractivity contribution in [3.63, 3.8) is 0 Å². The largest absolute Gasteiger partial charge is 0.396 e. The predicted molar refractivity (Wildman–Crippen MR) is 75.0 cm³/mol. The van der Waals surface area contributed by atoms with Crippen LogP contribution in [0.2, 0.25) is 0 Å². The number of hydrogen-bond acceptors (Lipinski definition) is 4. The molecule has 0 aliphatic heterocycles. The maximum atomic E-state index is 13.4. The summed E-state index contributed by atoms with van der Waals surface area (Å²) < 4.78 is 25.4. The number of rotatable bonds is 4. The molecule has 0 saturated heterocycles. The molecule has 2 aromatic rings. The lowest BCUT2D eigenvalue weighted by Crippen LogP contribution is -2.20. The smallest absolute Gasteiger partial charge is 0.237 e. The molecule has 0 aliphatic carbocycles. The molecule has 1 aromatic carbocycles. The standard InChI is InChI=1S/C13H12FN3O2S/c14-9-3-1-2-4-11(9)17-13(18)8-20(19)12-5-6-16-7-10(12)15/h1-7H,8,15H2,(H,17,18). The number of benzene rings is 1. The Morgan fingerprint density at radius 3 is 2.80 bits per heavy atom. The van der Waals surface area contributed by atoms with Crippen LogP contribution < -0.4 is 11.1 Å². The first-order valence-corrected chi connectivity index (χ1v) is 7.02. The van der Waals surface area contributed by atoms with Crippen molar-refractivity contribution in [3.05, 3.63) is 48.5 Å². The minimum Gasteiger partial charge on any atom is -0.396 e. The van der Waals surface area contributed by atoms with Crippen LogP contribution in [-0.2, 0) is 15.6 Å². The van der Waals surface area contributed by atoms with Gasteiger partial charge in [-0.15, -0.1) is 0 Å². The van der Waals surface area contributed by atoms with Gasteiger partial charge in [0.1, 0.15) is 11.6 Å². The molecule has 7 heteroatoms. The third kappa shape index (κ3) is 3.39. The summed E-state index contributed by atoms with van der Waals surface area (Å²) in [6.07, 6.45) is 2.81. The number of nitrogens with two attached hydrogens (primary N) is 1. The summed E-state index contributed by atoms with van der Waals surface area (Å²) in [7, 11) is -1.60. The van der Waals surface area contributed by atoms with Crippen molar-refractivity contribution in [2.75, 3.05) is 16.8 Å². The van der Waals surface area contributed by atoms with Gasteiger partial charge in [0, 0.05) is 6.20 Å². The molecular weight excluding hydrogens is 281 g/mol. The Kier molecular flexibility index (Phi) is 4.41. The van der Waals surface area contributed by atoms with Gasteiger partial charge >= 0.3 is 0 Å². The third-order valence-electron chi connectivity index (χ3n) is 2.47. The van der Waals surface area contributed by atoms with Gasteiger partial charge in [-0.05, 0) is 18.2 Å². The average Bonchev–Trinajstić information content (AvgIpc) is 2.41. The Morgan fingerprint density at radius 2 is 2.10 bits per heavy atom. The fourth-order valence-electron chi connectivity index (χ4n) is 1.55. The number of anilines is 2. The van der Waals surface area contributed by atoms with E-state index in [-0.39, 0.29) is 17.1 Å². The normalized spacial score (nSPS) is 11.8. The van der Waals surface area contributed by atoms with Crippen LogP contribution in [0.1, 0.15) is 0 Å². The maximum Gasteiger partial charge on any atom is 0.237 e. The Bertz CT molecular complexity index is 664. The molecule has 1 amide bonds. The van der Waals surface area contributed by atoms with Crippen LogP contribution in [0.25, 0.3) is 0 Å². The van der Waals surface area contributed by atoms with E-state index in [0.29, 0.717) is 4.90 Å². The lowest BCUT2D eigenvalue weighted by Gasteiger charge is -2.07. The molecule has 0 aliphatic rings. The van der Waals surface area contributed by atoms with Crippen LogP contribution in [0.4, 0.5) is 15.8 Å². The maximum absolute atomic E-state index is 13.4. The fourth-order valence-corrected chi connectivity index (χ4v) is 2.54. The lowest BCUT2D eigenvalue weighted by atomic mass is 10.3. The van der Waals surface area contributed by atoms with Crippen molar-refractivity contribution >= 4 is 28.1 Å². The van der Waals surface area contributed by atoms with E-state index in [1.807, 2.05) is 0 Å². The molecule has 20 heavy (non-hydrogen) atoms. The van der Waals surface area contributed by atoms with Crippen molar-refractivity contribution in [2.24, 2.45) is 0 Å². The molecule has 104 valence electrons. The fraction of sp³-hybridized carbons (Fsp3) is 0.0769. The Balaban J connectivity index is 2.04. The average molecular weight is 293 g/mol. The molecule has 0 spiro atoms. The van der Waals surface area contributed by atoms with Crippen molar-refractivity contribution in [2.45, 2.75) is 4.90 Å². The van der Waals surface area contributed by atoms with Gasteiger partial charge in [0.15, 0.2) is 0 Å². The lowest BCUT2D eigenvalue weighted by molar-refractivity contribution is -0.113. The van der Waals surface area contributed by atoms with E-state index in [2.05, 4.69) is 10.3 Å². The van der Waals surface area contributed by atoms with Crippen LogP contribution in [0.15, 0.2) is 47.6 Å². The number of nitrogens with zero attached hydrogens (tertiary/aromatic N) is 1. The number of carbonyl (C=O) groups excluding carboxylic acids is 1. The van der Waals surface area contributed by atoms with Crippen LogP contribution in [0.5, 0.6) is 0 Å². The number of hydrogen-bond donors (Lipinski definition) is 2. The van der Waals surface area contributed by atoms with E-state index in [9.17, 15) is 13.4 Å². The van der Waals surface area contributed by atoms with Crippen LogP contribution >= 0.6 is 0 Å².